The molecule has 0 radical (unpaired) electrons. The molecule has 1 saturated heterocycles. The minimum Gasteiger partial charge on any atom is -0.463 e. The van der Waals surface area contributed by atoms with Crippen LogP contribution >= 0.6 is 0 Å². The van der Waals surface area contributed by atoms with Crippen molar-refractivity contribution in [2.24, 2.45) is 5.92 Å². The number of cyclic esters (lactones) is 1. The second kappa shape index (κ2) is 1.70. The Kier molecular flexibility index (Phi) is 1.24. The van der Waals surface area contributed by atoms with E-state index in [0.29, 0.717) is 6.61 Å². The Hall–Kier alpha value is -0.570. The summed E-state index contributed by atoms with van der Waals surface area (Å²) in [5.41, 5.74) is -1.25. The van der Waals surface area contributed by atoms with Crippen LogP contribution in [0, 0.1) is 5.92 Å². The molecule has 0 aliphatic carbocycles. The van der Waals surface area contributed by atoms with E-state index < -0.39 is 11.6 Å². The molecule has 52 valence electrons. The van der Waals surface area contributed by atoms with E-state index in [1.165, 1.54) is 6.92 Å². The van der Waals surface area contributed by atoms with Crippen LogP contribution in [-0.2, 0) is 9.53 Å². The molecule has 0 saturated carbocycles. The second-order valence-corrected chi connectivity index (χ2v) is 2.65. The highest BCUT2D eigenvalue weighted by Crippen LogP contribution is 2.24. The van der Waals surface area contributed by atoms with Crippen molar-refractivity contribution in [3.63, 3.8) is 0 Å². The molecule has 1 heterocycles. The van der Waals surface area contributed by atoms with Gasteiger partial charge in [-0.3, -0.25) is 0 Å². The van der Waals surface area contributed by atoms with Gasteiger partial charge in [0.2, 0.25) is 0 Å². The van der Waals surface area contributed by atoms with E-state index in [0.717, 1.165) is 0 Å². The maximum absolute atomic E-state index is 10.6. The summed E-state index contributed by atoms with van der Waals surface area (Å²) in [5, 5.41) is 9.26. The Morgan fingerprint density at radius 3 is 2.56 bits per heavy atom. The van der Waals surface area contributed by atoms with Gasteiger partial charge in [0.05, 0.1) is 6.61 Å². The minimum absolute atomic E-state index is 0.0787. The molecular formula is C6H10O3. The van der Waals surface area contributed by atoms with E-state index in [1.54, 1.807) is 6.92 Å². The van der Waals surface area contributed by atoms with Gasteiger partial charge in [0.15, 0.2) is 5.60 Å². The number of esters is 1. The Bertz CT molecular complexity index is 139. The highest BCUT2D eigenvalue weighted by atomic mass is 16.6. The molecule has 0 bridgehead atoms. The van der Waals surface area contributed by atoms with Gasteiger partial charge in [-0.15, -0.1) is 0 Å². The second-order valence-electron chi connectivity index (χ2n) is 2.65. The summed E-state index contributed by atoms with van der Waals surface area (Å²) in [7, 11) is 0. The topological polar surface area (TPSA) is 46.5 Å². The third-order valence-electron chi connectivity index (χ3n) is 1.84. The fourth-order valence-corrected chi connectivity index (χ4v) is 0.710. The fraction of sp³-hybridized carbons (Fsp3) is 0.833. The van der Waals surface area contributed by atoms with Crippen LogP contribution in [-0.4, -0.2) is 23.3 Å². The molecule has 0 aromatic rings. The first-order valence-corrected chi connectivity index (χ1v) is 2.94. The molecule has 2 unspecified atom stereocenters. The Morgan fingerprint density at radius 2 is 2.44 bits per heavy atom. The van der Waals surface area contributed by atoms with Gasteiger partial charge >= 0.3 is 5.97 Å². The number of hydrogen-bond donors (Lipinski definition) is 1. The number of aliphatic hydroxyl groups is 1. The lowest BCUT2D eigenvalue weighted by atomic mass is 9.95. The van der Waals surface area contributed by atoms with Crippen LogP contribution in [0.2, 0.25) is 0 Å². The summed E-state index contributed by atoms with van der Waals surface area (Å²) in [6.07, 6.45) is 0. The molecule has 9 heavy (non-hydrogen) atoms. The Labute approximate surface area is 53.6 Å². The normalized spacial score (nSPS) is 43.0. The molecule has 1 aliphatic heterocycles. The number of hydrogen-bond acceptors (Lipinski definition) is 3. The smallest absolute Gasteiger partial charge is 0.338 e. The summed E-state index contributed by atoms with van der Waals surface area (Å²) in [6, 6.07) is 0. The summed E-state index contributed by atoms with van der Waals surface area (Å²) >= 11 is 0. The van der Waals surface area contributed by atoms with E-state index in [4.69, 9.17) is 0 Å². The minimum atomic E-state index is -1.25. The summed E-state index contributed by atoms with van der Waals surface area (Å²) < 4.78 is 4.59. The Balaban J connectivity index is 2.78. The highest BCUT2D eigenvalue weighted by Gasteiger charge is 2.44. The highest BCUT2D eigenvalue weighted by molar-refractivity contribution is 5.80. The van der Waals surface area contributed by atoms with Crippen molar-refractivity contribution in [2.75, 3.05) is 6.61 Å². The van der Waals surface area contributed by atoms with Crippen LogP contribution in [0.4, 0.5) is 0 Å². The maximum Gasteiger partial charge on any atom is 0.338 e. The van der Waals surface area contributed by atoms with Gasteiger partial charge in [-0.2, -0.15) is 0 Å². The molecule has 0 aromatic carbocycles. The van der Waals surface area contributed by atoms with Crippen molar-refractivity contribution >= 4 is 5.97 Å². The lowest BCUT2D eigenvalue weighted by Gasteiger charge is -2.14. The number of carbonyl (C=O) groups is 1. The van der Waals surface area contributed by atoms with E-state index in [2.05, 4.69) is 4.74 Å². The van der Waals surface area contributed by atoms with E-state index >= 15 is 0 Å². The molecule has 2 atom stereocenters. The summed E-state index contributed by atoms with van der Waals surface area (Å²) in [6.45, 7) is 3.60. The number of ether oxygens (including phenoxy) is 1. The molecule has 1 fully saturated rings. The van der Waals surface area contributed by atoms with Crippen molar-refractivity contribution in [3.8, 4) is 0 Å². The third-order valence-corrected chi connectivity index (χ3v) is 1.84. The molecule has 1 N–H and O–H groups in total. The van der Waals surface area contributed by atoms with Crippen LogP contribution in [0.3, 0.4) is 0 Å². The van der Waals surface area contributed by atoms with Gasteiger partial charge in [-0.25, -0.2) is 4.79 Å². The first kappa shape index (κ1) is 6.55. The molecular weight excluding hydrogens is 120 g/mol. The van der Waals surface area contributed by atoms with E-state index in [1.807, 2.05) is 0 Å². The largest absolute Gasteiger partial charge is 0.463 e. The van der Waals surface area contributed by atoms with Crippen LogP contribution in [0.1, 0.15) is 13.8 Å². The van der Waals surface area contributed by atoms with Gasteiger partial charge in [0.1, 0.15) is 0 Å². The lowest BCUT2D eigenvalue weighted by Crippen LogP contribution is -2.35. The van der Waals surface area contributed by atoms with Crippen molar-refractivity contribution in [1.29, 1.82) is 0 Å². The SMILES string of the molecule is CC1COC(=O)C1(C)O. The summed E-state index contributed by atoms with van der Waals surface area (Å²) in [4.78, 5) is 10.6. The van der Waals surface area contributed by atoms with Crippen molar-refractivity contribution < 1.29 is 14.6 Å². The molecule has 3 nitrogen and oxygen atoms in total. The first-order valence-electron chi connectivity index (χ1n) is 2.94. The maximum atomic E-state index is 10.6. The lowest BCUT2D eigenvalue weighted by molar-refractivity contribution is -0.152. The predicted molar refractivity (Wildman–Crippen MR) is 30.7 cm³/mol. The van der Waals surface area contributed by atoms with Crippen molar-refractivity contribution in [1.82, 2.24) is 0 Å². The van der Waals surface area contributed by atoms with Crippen molar-refractivity contribution in [3.05, 3.63) is 0 Å². The zero-order chi connectivity index (χ0) is 7.07. The van der Waals surface area contributed by atoms with Gasteiger partial charge in [0, 0.05) is 5.92 Å². The first-order chi connectivity index (χ1) is 4.05. The van der Waals surface area contributed by atoms with Crippen molar-refractivity contribution in [2.45, 2.75) is 19.4 Å². The Morgan fingerprint density at radius 1 is 1.89 bits per heavy atom. The average molecular weight is 130 g/mol. The molecule has 0 aromatic heterocycles. The number of carbonyl (C=O) groups excluding carboxylic acids is 1. The van der Waals surface area contributed by atoms with Crippen LogP contribution < -0.4 is 0 Å². The zero-order valence-electron chi connectivity index (χ0n) is 5.55. The quantitative estimate of drug-likeness (QED) is 0.467. The molecule has 0 spiro atoms. The van der Waals surface area contributed by atoms with Gasteiger partial charge in [-0.05, 0) is 6.92 Å². The predicted octanol–water partition coefficient (Wildman–Crippen LogP) is -0.0697. The fourth-order valence-electron chi connectivity index (χ4n) is 0.710. The van der Waals surface area contributed by atoms with Crippen LogP contribution in [0.15, 0.2) is 0 Å². The number of rotatable bonds is 0. The van der Waals surface area contributed by atoms with Gasteiger partial charge in [0.25, 0.3) is 0 Å². The van der Waals surface area contributed by atoms with Gasteiger partial charge < -0.3 is 9.84 Å². The van der Waals surface area contributed by atoms with Crippen LogP contribution in [0.5, 0.6) is 0 Å². The monoisotopic (exact) mass is 130 g/mol. The third kappa shape index (κ3) is 0.812. The summed E-state index contributed by atoms with van der Waals surface area (Å²) in [5.74, 6) is -0.583. The average Bonchev–Trinajstić information content (AvgIpc) is 1.96. The zero-order valence-corrected chi connectivity index (χ0v) is 5.55. The molecule has 3 heteroatoms. The molecule has 1 rings (SSSR count). The van der Waals surface area contributed by atoms with E-state index in [-0.39, 0.29) is 5.92 Å². The molecule has 0 amide bonds. The van der Waals surface area contributed by atoms with E-state index in [9.17, 15) is 9.90 Å². The van der Waals surface area contributed by atoms with Gasteiger partial charge in [-0.1, -0.05) is 6.92 Å². The standard InChI is InChI=1S/C6H10O3/c1-4-3-9-5(7)6(4,2)8/h4,8H,3H2,1-2H3. The van der Waals surface area contributed by atoms with Crippen LogP contribution in [0.25, 0.3) is 0 Å². The molecule has 1 aliphatic rings.